The zero-order valence-corrected chi connectivity index (χ0v) is 8.74. The van der Waals surface area contributed by atoms with Gasteiger partial charge in [-0.05, 0) is 20.8 Å². The van der Waals surface area contributed by atoms with Crippen LogP contribution in [0.15, 0.2) is 30.2 Å². The van der Waals surface area contributed by atoms with Crippen LogP contribution in [-0.2, 0) is 9.47 Å². The molecule has 0 rings (SSSR count). The molecule has 0 aromatic carbocycles. The first-order valence-electron chi connectivity index (χ1n) is 4.08. The summed E-state index contributed by atoms with van der Waals surface area (Å²) >= 11 is 0. The van der Waals surface area contributed by atoms with Crippen molar-refractivity contribution in [2.45, 2.75) is 26.4 Å². The lowest BCUT2D eigenvalue weighted by Gasteiger charge is -2.17. The molecule has 0 aliphatic carbocycles. The Morgan fingerprint density at radius 1 is 1.43 bits per heavy atom. The molecule has 0 spiro atoms. The highest BCUT2D eigenvalue weighted by atomic mass is 16.6. The molecule has 0 fully saturated rings. The van der Waals surface area contributed by atoms with E-state index in [2.05, 4.69) is 18.2 Å². The summed E-state index contributed by atoms with van der Waals surface area (Å²) in [6.07, 6.45) is 1.70. The van der Waals surface area contributed by atoms with Crippen LogP contribution in [0.4, 0.5) is 4.79 Å². The molecule has 0 aliphatic rings. The molecule has 14 heavy (non-hydrogen) atoms. The predicted octanol–water partition coefficient (Wildman–Crippen LogP) is 2.67. The molecular weight excluding hydrogens is 182 g/mol. The van der Waals surface area contributed by atoms with Crippen LogP contribution in [0.5, 0.6) is 0 Å². The highest BCUT2D eigenvalue weighted by molar-refractivity contribution is 5.86. The highest BCUT2D eigenvalue weighted by Gasteiger charge is 2.14. The van der Waals surface area contributed by atoms with E-state index in [9.17, 15) is 4.79 Å². The van der Waals surface area contributed by atoms with Gasteiger partial charge in [-0.25, -0.2) is 4.79 Å². The summed E-state index contributed by atoms with van der Waals surface area (Å²) < 4.78 is 9.64. The van der Waals surface area contributed by atoms with Gasteiger partial charge in [-0.2, -0.15) is 4.99 Å². The second-order valence-corrected chi connectivity index (χ2v) is 3.49. The van der Waals surface area contributed by atoms with Crippen LogP contribution in [0.25, 0.3) is 0 Å². The molecule has 0 atom stereocenters. The number of allylic oxidation sites excluding steroid dienone is 1. The minimum atomic E-state index is -0.675. The molecule has 0 saturated carbocycles. The highest BCUT2D eigenvalue weighted by Crippen LogP contribution is 2.07. The average Bonchev–Trinajstić information content (AvgIpc) is 1.98. The van der Waals surface area contributed by atoms with Crippen LogP contribution in [0.3, 0.4) is 0 Å². The molecule has 0 saturated heterocycles. The first kappa shape index (κ1) is 12.4. The van der Waals surface area contributed by atoms with Crippen LogP contribution in [0.2, 0.25) is 0 Å². The molecule has 1 amide bonds. The van der Waals surface area contributed by atoms with Crippen LogP contribution in [0, 0.1) is 0 Å². The summed E-state index contributed by atoms with van der Waals surface area (Å²) in [5.41, 5.74) is -0.547. The van der Waals surface area contributed by atoms with E-state index in [-0.39, 0.29) is 5.76 Å². The molecular formula is C10H15NO3. The molecule has 0 bridgehead atoms. The van der Waals surface area contributed by atoms with Crippen molar-refractivity contribution in [3.8, 4) is 0 Å². The van der Waals surface area contributed by atoms with E-state index in [0.29, 0.717) is 0 Å². The zero-order chi connectivity index (χ0) is 11.2. The lowest BCUT2D eigenvalue weighted by Crippen LogP contribution is -2.21. The lowest BCUT2D eigenvalue weighted by molar-refractivity contribution is 0.0604. The van der Waals surface area contributed by atoms with Gasteiger partial charge in [0.25, 0.3) is 0 Å². The first-order chi connectivity index (χ1) is 6.35. The number of carbonyl (C=O) groups is 1. The van der Waals surface area contributed by atoms with Gasteiger partial charge in [-0.3, -0.25) is 0 Å². The van der Waals surface area contributed by atoms with Gasteiger partial charge in [0, 0.05) is 0 Å². The summed E-state index contributed by atoms with van der Waals surface area (Å²) in [6.45, 7) is 12.1. The maximum absolute atomic E-state index is 11.0. The smallest absolute Gasteiger partial charge is 0.434 e. The Balaban J connectivity index is 4.06. The molecule has 0 heterocycles. The van der Waals surface area contributed by atoms with Crippen molar-refractivity contribution in [3.05, 3.63) is 25.2 Å². The Morgan fingerprint density at radius 3 is 2.43 bits per heavy atom. The Morgan fingerprint density at radius 2 is 2.00 bits per heavy atom. The topological polar surface area (TPSA) is 47.9 Å². The minimum absolute atomic E-state index is 0.228. The number of amides is 1. The van der Waals surface area contributed by atoms with E-state index in [0.717, 1.165) is 0 Å². The quantitative estimate of drug-likeness (QED) is 0.516. The third-order valence-electron chi connectivity index (χ3n) is 0.942. The van der Waals surface area contributed by atoms with E-state index < -0.39 is 11.7 Å². The maximum atomic E-state index is 11.0. The van der Waals surface area contributed by atoms with E-state index in [4.69, 9.17) is 9.47 Å². The number of nitrogens with zero attached hydrogens (tertiary/aromatic N) is 1. The van der Waals surface area contributed by atoms with E-state index in [1.165, 1.54) is 12.5 Å². The van der Waals surface area contributed by atoms with Gasteiger partial charge in [-0.15, -0.1) is 0 Å². The number of hydrogen-bond acceptors (Lipinski definition) is 3. The number of hydrogen-bond donors (Lipinski definition) is 0. The Kier molecular flexibility index (Phi) is 4.63. The third kappa shape index (κ3) is 7.09. The number of aliphatic imine (C=N–C) groups is 1. The summed E-state index contributed by atoms with van der Waals surface area (Å²) in [6, 6.07) is 0. The summed E-state index contributed by atoms with van der Waals surface area (Å²) in [5, 5.41) is 0. The summed E-state index contributed by atoms with van der Waals surface area (Å²) in [7, 11) is 0. The average molecular weight is 197 g/mol. The van der Waals surface area contributed by atoms with Gasteiger partial charge in [0.05, 0.1) is 12.5 Å². The maximum Gasteiger partial charge on any atom is 0.434 e. The van der Waals surface area contributed by atoms with E-state index in [1.54, 1.807) is 20.8 Å². The standard InChI is InChI=1S/C10H15NO3/c1-6-13-8(2)7-11-9(12)14-10(3,4)5/h6-7H,1-2H2,3-5H3. The van der Waals surface area contributed by atoms with E-state index in [1.807, 2.05) is 0 Å². The largest absolute Gasteiger partial charge is 0.465 e. The molecule has 0 radical (unpaired) electrons. The monoisotopic (exact) mass is 197 g/mol. The van der Waals surface area contributed by atoms with Crippen molar-refractivity contribution in [1.82, 2.24) is 0 Å². The fourth-order valence-electron chi connectivity index (χ4n) is 0.550. The van der Waals surface area contributed by atoms with Crippen molar-refractivity contribution in [2.75, 3.05) is 0 Å². The normalized spacial score (nSPS) is 11.1. The van der Waals surface area contributed by atoms with Crippen molar-refractivity contribution in [3.63, 3.8) is 0 Å². The fourth-order valence-corrected chi connectivity index (χ4v) is 0.550. The van der Waals surface area contributed by atoms with Gasteiger partial charge in [0.15, 0.2) is 0 Å². The first-order valence-corrected chi connectivity index (χ1v) is 4.08. The number of ether oxygens (including phenoxy) is 2. The van der Waals surface area contributed by atoms with Gasteiger partial charge in [-0.1, -0.05) is 13.2 Å². The van der Waals surface area contributed by atoms with Gasteiger partial charge in [0.1, 0.15) is 11.4 Å². The predicted molar refractivity (Wildman–Crippen MR) is 55.1 cm³/mol. The molecule has 0 aromatic heterocycles. The molecule has 0 aliphatic heterocycles. The molecule has 0 aromatic rings. The van der Waals surface area contributed by atoms with Crippen molar-refractivity contribution >= 4 is 12.3 Å². The number of carbonyl (C=O) groups excluding carboxylic acids is 1. The summed E-state index contributed by atoms with van der Waals surface area (Å²) in [5.74, 6) is 0.228. The van der Waals surface area contributed by atoms with Crippen LogP contribution < -0.4 is 0 Å². The SMILES string of the molecule is C=COC(=C)C=NC(=O)OC(C)(C)C. The molecule has 78 valence electrons. The van der Waals surface area contributed by atoms with Gasteiger partial charge < -0.3 is 9.47 Å². The summed E-state index contributed by atoms with van der Waals surface area (Å²) in [4.78, 5) is 14.5. The fraction of sp³-hybridized carbons (Fsp3) is 0.400. The third-order valence-corrected chi connectivity index (χ3v) is 0.942. The molecule has 4 nitrogen and oxygen atoms in total. The van der Waals surface area contributed by atoms with Gasteiger partial charge in [0.2, 0.25) is 0 Å². The zero-order valence-electron chi connectivity index (χ0n) is 8.74. The molecule has 0 N–H and O–H groups in total. The van der Waals surface area contributed by atoms with Crippen LogP contribution in [-0.4, -0.2) is 17.9 Å². The van der Waals surface area contributed by atoms with Crippen LogP contribution in [0.1, 0.15) is 20.8 Å². The Bertz CT molecular complexity index is 261. The minimum Gasteiger partial charge on any atom is -0.465 e. The Hall–Kier alpha value is -1.58. The van der Waals surface area contributed by atoms with Crippen LogP contribution >= 0.6 is 0 Å². The van der Waals surface area contributed by atoms with Crippen molar-refractivity contribution in [1.29, 1.82) is 0 Å². The number of rotatable bonds is 3. The van der Waals surface area contributed by atoms with Crippen molar-refractivity contribution in [2.24, 2.45) is 4.99 Å². The second kappa shape index (κ2) is 5.21. The van der Waals surface area contributed by atoms with Gasteiger partial charge >= 0.3 is 6.09 Å². The second-order valence-electron chi connectivity index (χ2n) is 3.49. The lowest BCUT2D eigenvalue weighted by atomic mass is 10.2. The molecule has 0 unspecified atom stereocenters. The van der Waals surface area contributed by atoms with E-state index >= 15 is 0 Å². The van der Waals surface area contributed by atoms with Crippen molar-refractivity contribution < 1.29 is 14.3 Å². The Labute approximate surface area is 83.9 Å². The molecule has 4 heteroatoms.